The molecule has 0 bridgehead atoms. The molecule has 0 atom stereocenters. The molecule has 2 heterocycles. The van der Waals surface area contributed by atoms with Crippen molar-refractivity contribution >= 4 is 39.3 Å². The predicted octanol–water partition coefficient (Wildman–Crippen LogP) is 1.77. The number of aromatic nitrogens is 1. The molecule has 1 saturated heterocycles. The molecule has 3 rings (SSSR count). The minimum Gasteiger partial charge on any atom is -0.356 e. The van der Waals surface area contributed by atoms with Gasteiger partial charge in [-0.1, -0.05) is 17.7 Å². The van der Waals surface area contributed by atoms with Gasteiger partial charge in [0, 0.05) is 43.5 Å². The number of nitrogens with zero attached hydrogens (tertiary/aromatic N) is 2. The summed E-state index contributed by atoms with van der Waals surface area (Å²) >= 11 is 1.72. The van der Waals surface area contributed by atoms with Crippen molar-refractivity contribution in [3.05, 3.63) is 47.8 Å². The van der Waals surface area contributed by atoms with Gasteiger partial charge in [-0.15, -0.1) is 0 Å². The van der Waals surface area contributed by atoms with Gasteiger partial charge in [0.15, 0.2) is 0 Å². The summed E-state index contributed by atoms with van der Waals surface area (Å²) in [5, 5.41) is 2.73. The van der Waals surface area contributed by atoms with Gasteiger partial charge in [-0.05, 0) is 25.1 Å². The van der Waals surface area contributed by atoms with Crippen molar-refractivity contribution in [1.82, 2.24) is 14.2 Å². The summed E-state index contributed by atoms with van der Waals surface area (Å²) in [7, 11) is -2.14. The van der Waals surface area contributed by atoms with Crippen LogP contribution in [0.15, 0.2) is 41.4 Å². The van der Waals surface area contributed by atoms with Crippen LogP contribution < -0.4 is 5.32 Å². The molecule has 29 heavy (non-hydrogen) atoms. The van der Waals surface area contributed by atoms with E-state index in [0.717, 1.165) is 17.1 Å². The first-order valence-electron chi connectivity index (χ1n) is 9.15. The molecule has 0 unspecified atom stereocenters. The Labute approximate surface area is 174 Å². The molecule has 0 aliphatic carbocycles. The maximum Gasteiger partial charge on any atom is 0.270 e. The SMILES string of the molecule is Cc1ccc(NC(=O)CN(C)C(=O)c2cc(S(=O)(=O)N3CCSCC3)c[nH]2)cc1. The molecule has 10 heteroatoms. The number of anilines is 1. The van der Waals surface area contributed by atoms with Crippen molar-refractivity contribution in [2.24, 2.45) is 0 Å². The smallest absolute Gasteiger partial charge is 0.270 e. The zero-order chi connectivity index (χ0) is 21.0. The summed E-state index contributed by atoms with van der Waals surface area (Å²) < 4.78 is 26.8. The maximum atomic E-state index is 12.7. The Morgan fingerprint density at radius 1 is 1.21 bits per heavy atom. The lowest BCUT2D eigenvalue weighted by Gasteiger charge is -2.24. The van der Waals surface area contributed by atoms with Crippen molar-refractivity contribution < 1.29 is 18.0 Å². The van der Waals surface area contributed by atoms with Crippen LogP contribution in [-0.2, 0) is 14.8 Å². The number of aryl methyl sites for hydroxylation is 1. The van der Waals surface area contributed by atoms with Gasteiger partial charge in [0.2, 0.25) is 15.9 Å². The predicted molar refractivity (Wildman–Crippen MR) is 114 cm³/mol. The third-order valence-electron chi connectivity index (χ3n) is 4.56. The van der Waals surface area contributed by atoms with Gasteiger partial charge >= 0.3 is 0 Å². The standard InChI is InChI=1S/C19H24N4O4S2/c1-14-3-5-15(6-4-14)21-18(24)13-22(2)19(25)17-11-16(12-20-17)29(26,27)23-7-9-28-10-8-23/h3-6,11-12,20H,7-10,13H2,1-2H3,(H,21,24). The first kappa shape index (κ1) is 21.4. The Hall–Kier alpha value is -2.30. The molecule has 0 saturated carbocycles. The monoisotopic (exact) mass is 436 g/mol. The van der Waals surface area contributed by atoms with Crippen LogP contribution in [0.4, 0.5) is 5.69 Å². The Balaban J connectivity index is 1.62. The van der Waals surface area contributed by atoms with E-state index in [-0.39, 0.29) is 23.0 Å². The maximum absolute atomic E-state index is 12.7. The average Bonchev–Trinajstić information content (AvgIpc) is 3.21. The number of rotatable bonds is 6. The highest BCUT2D eigenvalue weighted by atomic mass is 32.2. The van der Waals surface area contributed by atoms with E-state index in [0.29, 0.717) is 18.8 Å². The molecule has 1 fully saturated rings. The zero-order valence-corrected chi connectivity index (χ0v) is 18.0. The van der Waals surface area contributed by atoms with Crippen molar-refractivity contribution in [2.75, 3.05) is 43.5 Å². The van der Waals surface area contributed by atoms with E-state index in [9.17, 15) is 18.0 Å². The van der Waals surface area contributed by atoms with Crippen molar-refractivity contribution in [2.45, 2.75) is 11.8 Å². The van der Waals surface area contributed by atoms with Gasteiger partial charge < -0.3 is 15.2 Å². The van der Waals surface area contributed by atoms with Gasteiger partial charge in [0.25, 0.3) is 5.91 Å². The first-order valence-corrected chi connectivity index (χ1v) is 11.7. The molecule has 1 aromatic carbocycles. The number of benzene rings is 1. The lowest BCUT2D eigenvalue weighted by Crippen LogP contribution is -2.37. The molecule has 0 radical (unpaired) electrons. The number of nitrogens with one attached hydrogen (secondary N) is 2. The number of likely N-dealkylation sites (N-methyl/N-ethyl adjacent to an activating group) is 1. The summed E-state index contributed by atoms with van der Waals surface area (Å²) in [5.74, 6) is 0.720. The fraction of sp³-hybridized carbons (Fsp3) is 0.368. The van der Waals surface area contributed by atoms with Gasteiger partial charge in [-0.2, -0.15) is 16.1 Å². The molecule has 8 nitrogen and oxygen atoms in total. The first-order chi connectivity index (χ1) is 13.8. The Morgan fingerprint density at radius 2 is 1.86 bits per heavy atom. The van der Waals surface area contributed by atoms with Crippen molar-refractivity contribution in [3.63, 3.8) is 0 Å². The number of amides is 2. The number of sulfonamides is 1. The number of carbonyl (C=O) groups excluding carboxylic acids is 2. The molecular formula is C19H24N4O4S2. The van der Waals surface area contributed by atoms with Gasteiger partial charge in [0.1, 0.15) is 10.6 Å². The van der Waals surface area contributed by atoms with Gasteiger partial charge in [-0.3, -0.25) is 9.59 Å². The van der Waals surface area contributed by atoms with Crippen LogP contribution in [-0.4, -0.2) is 72.6 Å². The Kier molecular flexibility index (Phi) is 6.66. The van der Waals surface area contributed by atoms with Crippen LogP contribution in [0.2, 0.25) is 0 Å². The van der Waals surface area contributed by atoms with E-state index in [1.807, 2.05) is 19.1 Å². The van der Waals surface area contributed by atoms with Crippen LogP contribution in [0.5, 0.6) is 0 Å². The third kappa shape index (κ3) is 5.20. The van der Waals surface area contributed by atoms with E-state index < -0.39 is 15.9 Å². The fourth-order valence-electron chi connectivity index (χ4n) is 2.91. The molecule has 2 N–H and O–H groups in total. The van der Waals surface area contributed by atoms with Gasteiger partial charge in [-0.25, -0.2) is 8.42 Å². The van der Waals surface area contributed by atoms with Crippen LogP contribution >= 0.6 is 11.8 Å². The zero-order valence-electron chi connectivity index (χ0n) is 16.3. The number of H-pyrrole nitrogens is 1. The summed E-state index contributed by atoms with van der Waals surface area (Å²) in [5.41, 5.74) is 1.85. The van der Waals surface area contributed by atoms with Crippen molar-refractivity contribution in [3.8, 4) is 0 Å². The minimum absolute atomic E-state index is 0.0604. The van der Waals surface area contributed by atoms with E-state index in [1.165, 1.54) is 28.5 Å². The minimum atomic E-state index is -3.63. The quantitative estimate of drug-likeness (QED) is 0.719. The second kappa shape index (κ2) is 9.02. The number of hydrogen-bond donors (Lipinski definition) is 2. The molecular weight excluding hydrogens is 412 g/mol. The molecule has 2 amide bonds. The van der Waals surface area contributed by atoms with Gasteiger partial charge in [0.05, 0.1) is 6.54 Å². The molecule has 0 spiro atoms. The highest BCUT2D eigenvalue weighted by molar-refractivity contribution is 7.99. The number of hydrogen-bond acceptors (Lipinski definition) is 5. The second-order valence-corrected chi connectivity index (χ2v) is 10.0. The van der Waals surface area contributed by atoms with E-state index >= 15 is 0 Å². The molecule has 2 aromatic rings. The Bertz CT molecular complexity index is 980. The number of carbonyl (C=O) groups is 2. The van der Waals surface area contributed by atoms with Crippen molar-refractivity contribution in [1.29, 1.82) is 0 Å². The number of thioether (sulfide) groups is 1. The Morgan fingerprint density at radius 3 is 2.52 bits per heavy atom. The second-order valence-electron chi connectivity index (χ2n) is 6.84. The van der Waals surface area contributed by atoms with Crippen LogP contribution in [0.1, 0.15) is 16.1 Å². The summed E-state index contributed by atoms with van der Waals surface area (Å²) in [6.07, 6.45) is 1.32. The van der Waals surface area contributed by atoms with E-state index in [4.69, 9.17) is 0 Å². The highest BCUT2D eigenvalue weighted by Crippen LogP contribution is 2.21. The summed E-state index contributed by atoms with van der Waals surface area (Å²) in [4.78, 5) is 28.8. The largest absolute Gasteiger partial charge is 0.356 e. The lowest BCUT2D eigenvalue weighted by molar-refractivity contribution is -0.116. The molecule has 1 aromatic heterocycles. The fourth-order valence-corrected chi connectivity index (χ4v) is 5.48. The average molecular weight is 437 g/mol. The van der Waals surface area contributed by atoms with Crippen LogP contribution in [0.3, 0.4) is 0 Å². The summed E-state index contributed by atoms with van der Waals surface area (Å²) in [6.45, 7) is 2.71. The van der Waals surface area contributed by atoms with Crippen LogP contribution in [0.25, 0.3) is 0 Å². The molecule has 156 valence electrons. The number of aromatic amines is 1. The normalized spacial score (nSPS) is 15.1. The molecule has 1 aliphatic heterocycles. The summed E-state index contributed by atoms with van der Waals surface area (Å²) in [6, 6.07) is 8.67. The third-order valence-corrected chi connectivity index (χ3v) is 7.38. The lowest BCUT2D eigenvalue weighted by atomic mass is 10.2. The van der Waals surface area contributed by atoms with E-state index in [2.05, 4.69) is 10.3 Å². The van der Waals surface area contributed by atoms with Crippen LogP contribution in [0, 0.1) is 6.92 Å². The highest BCUT2D eigenvalue weighted by Gasteiger charge is 2.28. The topological polar surface area (TPSA) is 103 Å². The molecule has 1 aliphatic rings. The van der Waals surface area contributed by atoms with E-state index in [1.54, 1.807) is 23.9 Å².